The summed E-state index contributed by atoms with van der Waals surface area (Å²) in [5, 5.41) is 5.18. The fourth-order valence-electron chi connectivity index (χ4n) is 1.49. The molecule has 1 heterocycles. The molecule has 1 atom stereocenters. The molecule has 1 aromatic heterocycles. The predicted molar refractivity (Wildman–Crippen MR) is 72.3 cm³/mol. The molecule has 0 aliphatic carbocycles. The summed E-state index contributed by atoms with van der Waals surface area (Å²) in [6.45, 7) is 3.88. The van der Waals surface area contributed by atoms with Crippen molar-refractivity contribution < 1.29 is 13.2 Å². The molecule has 0 fully saturated rings. The van der Waals surface area contributed by atoms with E-state index in [2.05, 4.69) is 20.3 Å². The van der Waals surface area contributed by atoms with Gasteiger partial charge in [0.2, 0.25) is 5.91 Å². The normalized spacial score (nSPS) is 12.8. The smallest absolute Gasteiger partial charge is 0.260 e. The van der Waals surface area contributed by atoms with E-state index in [1.807, 2.05) is 6.92 Å². The van der Waals surface area contributed by atoms with Gasteiger partial charge in [-0.3, -0.25) is 4.79 Å². The molecular formula is C11H18N4O3S. The predicted octanol–water partition coefficient (Wildman–Crippen LogP) is -0.0738. The summed E-state index contributed by atoms with van der Waals surface area (Å²) in [5.41, 5.74) is 0.404. The fraction of sp³-hybridized carbons (Fsp3) is 0.455. The number of aromatic nitrogens is 1. The highest BCUT2D eigenvalue weighted by molar-refractivity contribution is 7.89. The Bertz CT molecular complexity index is 545. The van der Waals surface area contributed by atoms with Gasteiger partial charge in [-0.15, -0.1) is 0 Å². The van der Waals surface area contributed by atoms with Crippen LogP contribution in [0.5, 0.6) is 0 Å². The molecule has 0 spiro atoms. The molecule has 19 heavy (non-hydrogen) atoms. The average molecular weight is 286 g/mol. The van der Waals surface area contributed by atoms with Crippen LogP contribution in [-0.2, 0) is 14.8 Å². The van der Waals surface area contributed by atoms with Gasteiger partial charge in [-0.05, 0) is 26.0 Å². The SMILES string of the molecule is CCNc1cccnc1S(=O)(=O)NC(C)C(=O)NC. The quantitative estimate of drug-likeness (QED) is 0.679. The van der Waals surface area contributed by atoms with Crippen molar-refractivity contribution in [1.29, 1.82) is 0 Å². The van der Waals surface area contributed by atoms with Crippen LogP contribution in [0.15, 0.2) is 23.4 Å². The summed E-state index contributed by atoms with van der Waals surface area (Å²) in [4.78, 5) is 15.2. The summed E-state index contributed by atoms with van der Waals surface area (Å²) in [6.07, 6.45) is 1.39. The van der Waals surface area contributed by atoms with Crippen LogP contribution in [0.1, 0.15) is 13.8 Å². The Hall–Kier alpha value is -1.67. The van der Waals surface area contributed by atoms with E-state index in [-0.39, 0.29) is 5.03 Å². The maximum Gasteiger partial charge on any atom is 0.260 e. The van der Waals surface area contributed by atoms with Crippen LogP contribution in [-0.4, -0.2) is 38.9 Å². The Morgan fingerprint density at radius 1 is 1.47 bits per heavy atom. The van der Waals surface area contributed by atoms with Crippen molar-refractivity contribution in [3.63, 3.8) is 0 Å². The van der Waals surface area contributed by atoms with E-state index in [1.165, 1.54) is 20.2 Å². The molecule has 0 saturated carbocycles. The van der Waals surface area contributed by atoms with E-state index in [0.717, 1.165) is 0 Å². The number of carbonyl (C=O) groups excluding carboxylic acids is 1. The van der Waals surface area contributed by atoms with Gasteiger partial charge in [-0.1, -0.05) is 0 Å². The molecular weight excluding hydrogens is 268 g/mol. The van der Waals surface area contributed by atoms with Gasteiger partial charge in [0.25, 0.3) is 10.0 Å². The van der Waals surface area contributed by atoms with Gasteiger partial charge in [-0.2, -0.15) is 4.72 Å². The second-order valence-electron chi connectivity index (χ2n) is 3.84. The van der Waals surface area contributed by atoms with Gasteiger partial charge >= 0.3 is 0 Å². The zero-order valence-electron chi connectivity index (χ0n) is 11.1. The van der Waals surface area contributed by atoms with Gasteiger partial charge in [-0.25, -0.2) is 13.4 Å². The number of likely N-dealkylation sites (N-methyl/N-ethyl adjacent to an activating group) is 1. The highest BCUT2D eigenvalue weighted by atomic mass is 32.2. The lowest BCUT2D eigenvalue weighted by atomic mass is 10.3. The number of amides is 1. The summed E-state index contributed by atoms with van der Waals surface area (Å²) >= 11 is 0. The number of nitrogens with zero attached hydrogens (tertiary/aromatic N) is 1. The first-order valence-electron chi connectivity index (χ1n) is 5.85. The van der Waals surface area contributed by atoms with Crippen molar-refractivity contribution >= 4 is 21.6 Å². The van der Waals surface area contributed by atoms with Crippen LogP contribution >= 0.6 is 0 Å². The van der Waals surface area contributed by atoms with Crippen LogP contribution in [0.2, 0.25) is 0 Å². The Morgan fingerprint density at radius 3 is 2.74 bits per heavy atom. The molecule has 0 aliphatic rings. The molecule has 1 unspecified atom stereocenters. The summed E-state index contributed by atoms with van der Waals surface area (Å²) < 4.78 is 26.6. The maximum atomic E-state index is 12.2. The third-order valence-corrected chi connectivity index (χ3v) is 3.86. The van der Waals surface area contributed by atoms with Crippen LogP contribution < -0.4 is 15.4 Å². The molecule has 0 saturated heterocycles. The Balaban J connectivity index is 3.04. The van der Waals surface area contributed by atoms with Gasteiger partial charge in [0.1, 0.15) is 0 Å². The van der Waals surface area contributed by atoms with Crippen LogP contribution in [0, 0.1) is 0 Å². The highest BCUT2D eigenvalue weighted by Crippen LogP contribution is 2.17. The van der Waals surface area contributed by atoms with Gasteiger partial charge < -0.3 is 10.6 Å². The zero-order chi connectivity index (χ0) is 14.5. The minimum absolute atomic E-state index is 0.118. The van der Waals surface area contributed by atoms with E-state index >= 15 is 0 Å². The lowest BCUT2D eigenvalue weighted by molar-refractivity contribution is -0.121. The molecule has 1 amide bonds. The Labute approximate surface area is 112 Å². The van der Waals surface area contributed by atoms with E-state index in [0.29, 0.717) is 12.2 Å². The van der Waals surface area contributed by atoms with E-state index < -0.39 is 22.0 Å². The molecule has 0 aromatic carbocycles. The molecule has 1 rings (SSSR count). The van der Waals surface area contributed by atoms with Crippen molar-refractivity contribution in [3.8, 4) is 0 Å². The summed E-state index contributed by atoms with van der Waals surface area (Å²) in [6, 6.07) is 2.39. The Kier molecular flexibility index (Phi) is 5.25. The van der Waals surface area contributed by atoms with Crippen LogP contribution in [0.3, 0.4) is 0 Å². The van der Waals surface area contributed by atoms with Crippen molar-refractivity contribution in [1.82, 2.24) is 15.0 Å². The average Bonchev–Trinajstić information content (AvgIpc) is 2.38. The number of rotatable bonds is 6. The van der Waals surface area contributed by atoms with Gasteiger partial charge in [0.15, 0.2) is 5.03 Å². The minimum Gasteiger partial charge on any atom is -0.383 e. The molecule has 1 aromatic rings. The first kappa shape index (κ1) is 15.4. The van der Waals surface area contributed by atoms with E-state index in [1.54, 1.807) is 12.1 Å². The molecule has 3 N–H and O–H groups in total. The minimum atomic E-state index is -3.85. The molecule has 106 valence electrons. The molecule has 0 bridgehead atoms. The second-order valence-corrected chi connectivity index (χ2v) is 5.47. The summed E-state index contributed by atoms with van der Waals surface area (Å²) in [5.74, 6) is -0.412. The number of sulfonamides is 1. The monoisotopic (exact) mass is 286 g/mol. The highest BCUT2D eigenvalue weighted by Gasteiger charge is 2.24. The molecule has 0 radical (unpaired) electrons. The standard InChI is InChI=1S/C11H18N4O3S/c1-4-13-9-6-5-7-14-11(9)19(17,18)15-8(2)10(16)12-3/h5-8,13,15H,4H2,1-3H3,(H,12,16). The number of nitrogens with one attached hydrogen (secondary N) is 3. The number of hydrogen-bond acceptors (Lipinski definition) is 5. The summed E-state index contributed by atoms with van der Waals surface area (Å²) in [7, 11) is -2.41. The Morgan fingerprint density at radius 2 is 2.16 bits per heavy atom. The zero-order valence-corrected chi connectivity index (χ0v) is 11.9. The van der Waals surface area contributed by atoms with Gasteiger partial charge in [0.05, 0.1) is 11.7 Å². The fourth-order valence-corrected chi connectivity index (χ4v) is 2.80. The van der Waals surface area contributed by atoms with E-state index in [9.17, 15) is 13.2 Å². The molecule has 7 nitrogen and oxygen atoms in total. The van der Waals surface area contributed by atoms with Crippen molar-refractivity contribution in [3.05, 3.63) is 18.3 Å². The van der Waals surface area contributed by atoms with Crippen LogP contribution in [0.25, 0.3) is 0 Å². The first-order valence-corrected chi connectivity index (χ1v) is 7.33. The first-order chi connectivity index (χ1) is 8.92. The lowest BCUT2D eigenvalue weighted by Crippen LogP contribution is -2.43. The topological polar surface area (TPSA) is 100 Å². The number of carbonyl (C=O) groups is 1. The number of hydrogen-bond donors (Lipinski definition) is 3. The third-order valence-electron chi connectivity index (χ3n) is 2.36. The van der Waals surface area contributed by atoms with Gasteiger partial charge in [0, 0.05) is 19.8 Å². The number of pyridine rings is 1. The van der Waals surface area contributed by atoms with Crippen molar-refractivity contribution in [2.24, 2.45) is 0 Å². The van der Waals surface area contributed by atoms with Crippen molar-refractivity contribution in [2.75, 3.05) is 18.9 Å². The maximum absolute atomic E-state index is 12.2. The van der Waals surface area contributed by atoms with E-state index in [4.69, 9.17) is 0 Å². The molecule has 0 aliphatic heterocycles. The van der Waals surface area contributed by atoms with Crippen molar-refractivity contribution in [2.45, 2.75) is 24.9 Å². The largest absolute Gasteiger partial charge is 0.383 e. The third kappa shape index (κ3) is 3.90. The lowest BCUT2D eigenvalue weighted by Gasteiger charge is -2.14. The molecule has 8 heteroatoms. The second kappa shape index (κ2) is 6.48. The van der Waals surface area contributed by atoms with Crippen LogP contribution in [0.4, 0.5) is 5.69 Å². The number of anilines is 1.